The van der Waals surface area contributed by atoms with E-state index in [4.69, 9.17) is 14.8 Å². The zero-order chi connectivity index (χ0) is 16.8. The minimum Gasteiger partial charge on any atom is -0.610 e. The normalized spacial score (nSPS) is 27.5. The van der Waals surface area contributed by atoms with E-state index < -0.39 is 63.2 Å². The van der Waals surface area contributed by atoms with Crippen molar-refractivity contribution in [2.24, 2.45) is 5.92 Å². The molecule has 0 aliphatic carbocycles. The number of β-lactam (4-membered cyclic amide) rings is 1. The molecule has 124 valence electrons. The number of aliphatic carboxylic acids is 1. The number of fused-ring (bicyclic) bond motifs is 1. The van der Waals surface area contributed by atoms with Crippen LogP contribution in [0.3, 0.4) is 0 Å². The van der Waals surface area contributed by atoms with Crippen molar-refractivity contribution in [3.8, 4) is 0 Å². The molecule has 3 N–H and O–H groups in total. The van der Waals surface area contributed by atoms with Gasteiger partial charge in [0.1, 0.15) is 0 Å². The molecule has 0 saturated carbocycles. The van der Waals surface area contributed by atoms with Crippen LogP contribution >= 0.6 is 0 Å². The molecule has 4 atom stereocenters. The molecule has 0 bridgehead atoms. The van der Waals surface area contributed by atoms with E-state index in [9.17, 15) is 22.6 Å². The predicted molar refractivity (Wildman–Crippen MR) is 70.7 cm³/mol. The third kappa shape index (κ3) is 2.85. The van der Waals surface area contributed by atoms with Gasteiger partial charge in [-0.25, -0.2) is 8.98 Å². The lowest BCUT2D eigenvalue weighted by Gasteiger charge is -2.44. The Morgan fingerprint density at radius 3 is 2.64 bits per heavy atom. The van der Waals surface area contributed by atoms with Gasteiger partial charge in [-0.15, -0.1) is 0 Å². The molecule has 2 heterocycles. The summed E-state index contributed by atoms with van der Waals surface area (Å²) in [6, 6.07) is -0.735. The van der Waals surface area contributed by atoms with Gasteiger partial charge in [-0.3, -0.25) is 14.2 Å². The van der Waals surface area contributed by atoms with Crippen molar-refractivity contribution in [3.63, 3.8) is 0 Å². The average molecular weight is 355 g/mol. The Morgan fingerprint density at radius 1 is 1.59 bits per heavy atom. The van der Waals surface area contributed by atoms with E-state index in [1.54, 1.807) is 0 Å². The minimum atomic E-state index is -4.76. The Kier molecular flexibility index (Phi) is 4.52. The molecule has 0 aromatic carbocycles. The number of hydrogen-bond donors (Lipinski definition) is 3. The van der Waals surface area contributed by atoms with Crippen molar-refractivity contribution in [1.82, 2.24) is 4.90 Å². The number of aliphatic hydroxyl groups excluding tert-OH is 1. The molecular weight excluding hydrogens is 342 g/mol. The van der Waals surface area contributed by atoms with E-state index in [2.05, 4.69) is 4.18 Å². The molecule has 4 unspecified atom stereocenters. The van der Waals surface area contributed by atoms with Crippen molar-refractivity contribution in [2.45, 2.75) is 25.5 Å². The number of carboxylic acid groups (broad SMARTS) is 1. The highest BCUT2D eigenvalue weighted by Gasteiger charge is 2.60. The molecule has 0 radical (unpaired) electrons. The van der Waals surface area contributed by atoms with E-state index in [0.717, 1.165) is 4.90 Å². The summed E-state index contributed by atoms with van der Waals surface area (Å²) in [4.78, 5) is 24.1. The first-order valence-electron chi connectivity index (χ1n) is 6.03. The fourth-order valence-electron chi connectivity index (χ4n) is 2.75. The highest BCUT2D eigenvalue weighted by atomic mass is 32.3. The second-order valence-corrected chi connectivity index (χ2v) is 7.28. The van der Waals surface area contributed by atoms with Crippen molar-refractivity contribution >= 4 is 33.5 Å². The van der Waals surface area contributed by atoms with Gasteiger partial charge in [0.05, 0.1) is 18.1 Å². The van der Waals surface area contributed by atoms with E-state index in [1.165, 1.54) is 6.92 Å². The van der Waals surface area contributed by atoms with Crippen LogP contribution in [0.1, 0.15) is 13.3 Å². The van der Waals surface area contributed by atoms with Crippen LogP contribution < -0.4 is 0 Å². The van der Waals surface area contributed by atoms with Crippen LogP contribution in [0.15, 0.2) is 10.6 Å². The molecule has 0 spiro atoms. The largest absolute Gasteiger partial charge is 0.610 e. The molecule has 22 heavy (non-hydrogen) atoms. The van der Waals surface area contributed by atoms with Crippen LogP contribution in [0, 0.1) is 5.92 Å². The summed E-state index contributed by atoms with van der Waals surface area (Å²) in [5.41, 5.74) is -0.460. The summed E-state index contributed by atoms with van der Waals surface area (Å²) in [6.45, 7) is 1.25. The van der Waals surface area contributed by atoms with Gasteiger partial charge >= 0.3 is 16.4 Å². The average Bonchev–Trinajstić information content (AvgIpc) is 2.70. The van der Waals surface area contributed by atoms with Gasteiger partial charge in [0, 0.05) is 17.6 Å². The van der Waals surface area contributed by atoms with E-state index in [0.29, 0.717) is 0 Å². The Morgan fingerprint density at radius 2 is 2.18 bits per heavy atom. The van der Waals surface area contributed by atoms with Gasteiger partial charge in [0.15, 0.2) is 10.6 Å². The van der Waals surface area contributed by atoms with Crippen LogP contribution in [0.2, 0.25) is 0 Å². The smallest absolute Gasteiger partial charge is 0.397 e. The Labute approximate surface area is 128 Å². The lowest BCUT2D eigenvalue weighted by Crippen LogP contribution is -2.62. The first-order chi connectivity index (χ1) is 10.1. The maximum Gasteiger partial charge on any atom is 0.397 e. The van der Waals surface area contributed by atoms with E-state index in [-0.39, 0.29) is 11.3 Å². The van der Waals surface area contributed by atoms with Crippen molar-refractivity contribution < 1.29 is 41.5 Å². The number of amides is 1. The Hall–Kier alpha value is -1.18. The van der Waals surface area contributed by atoms with Gasteiger partial charge in [0.2, 0.25) is 11.8 Å². The fraction of sp³-hybridized carbons (Fsp3) is 0.600. The first-order valence-corrected chi connectivity index (χ1v) is 8.71. The molecule has 0 aromatic heterocycles. The molecule has 1 saturated heterocycles. The summed E-state index contributed by atoms with van der Waals surface area (Å²) in [7, 11) is -4.76. The molecule has 2 aliphatic heterocycles. The van der Waals surface area contributed by atoms with Crippen molar-refractivity contribution in [1.29, 1.82) is 0 Å². The van der Waals surface area contributed by atoms with Crippen LogP contribution in [-0.4, -0.2) is 62.6 Å². The molecule has 2 rings (SSSR count). The predicted octanol–water partition coefficient (Wildman–Crippen LogP) is -1.58. The molecular formula is C10H13NO9S2. The third-order valence-electron chi connectivity index (χ3n) is 3.54. The SMILES string of the molecule is CC(OS(=O)(=O)O)C1C(=O)N2C(C(=O)O)=C([S+]([O-])CO)CC12. The topological polar surface area (TPSA) is 164 Å². The second kappa shape index (κ2) is 5.79. The first kappa shape index (κ1) is 17.2. The number of carbonyl (C=O) groups is 2. The van der Waals surface area contributed by atoms with Crippen molar-refractivity contribution in [2.75, 3.05) is 5.94 Å². The lowest BCUT2D eigenvalue weighted by molar-refractivity contribution is -0.160. The van der Waals surface area contributed by atoms with Crippen LogP contribution in [0.4, 0.5) is 0 Å². The van der Waals surface area contributed by atoms with Gasteiger partial charge < -0.3 is 14.8 Å². The van der Waals surface area contributed by atoms with Crippen LogP contribution in [0.5, 0.6) is 0 Å². The number of rotatable bonds is 6. The highest BCUT2D eigenvalue weighted by molar-refractivity contribution is 7.95. The molecule has 1 amide bonds. The zero-order valence-corrected chi connectivity index (χ0v) is 12.8. The molecule has 10 nitrogen and oxygen atoms in total. The van der Waals surface area contributed by atoms with Gasteiger partial charge in [-0.1, -0.05) is 0 Å². The number of nitrogens with zero attached hydrogens (tertiary/aromatic N) is 1. The third-order valence-corrected chi connectivity index (χ3v) is 5.23. The number of aliphatic hydroxyl groups is 1. The number of carboxylic acids is 1. The maximum atomic E-state index is 12.1. The van der Waals surface area contributed by atoms with Crippen LogP contribution in [0.25, 0.3) is 0 Å². The number of carbonyl (C=O) groups excluding carboxylic acids is 1. The molecule has 12 heteroatoms. The van der Waals surface area contributed by atoms with Gasteiger partial charge in [0.25, 0.3) is 0 Å². The van der Waals surface area contributed by atoms with Gasteiger partial charge in [-0.05, 0) is 6.92 Å². The quantitative estimate of drug-likeness (QED) is 0.289. The lowest BCUT2D eigenvalue weighted by atomic mass is 9.83. The monoisotopic (exact) mass is 355 g/mol. The Balaban J connectivity index is 2.25. The van der Waals surface area contributed by atoms with E-state index in [1.807, 2.05) is 0 Å². The fourth-order valence-corrected chi connectivity index (χ4v) is 4.17. The standard InChI is InChI=1S/C10H13NO9S2/c1-4(20-22(17,18)19)7-5-2-6(21(16)3-12)8(10(14)15)11(5)9(7)13/h4-5,7,12H,2-3H2,1H3,(H,14,15)(H,17,18,19). The Bertz CT molecular complexity index is 643. The zero-order valence-electron chi connectivity index (χ0n) is 11.2. The number of hydrogen-bond acceptors (Lipinski definition) is 7. The summed E-state index contributed by atoms with van der Waals surface area (Å²) in [5.74, 6) is -3.95. The maximum absolute atomic E-state index is 12.1. The van der Waals surface area contributed by atoms with Crippen LogP contribution in [-0.2, 0) is 35.3 Å². The van der Waals surface area contributed by atoms with Crippen molar-refractivity contribution in [3.05, 3.63) is 10.6 Å². The minimum absolute atomic E-state index is 0.0790. The molecule has 0 aromatic rings. The van der Waals surface area contributed by atoms with E-state index >= 15 is 0 Å². The summed E-state index contributed by atoms with van der Waals surface area (Å²) < 4.78 is 46.1. The molecule has 1 fully saturated rings. The van der Waals surface area contributed by atoms with Gasteiger partial charge in [-0.2, -0.15) is 8.42 Å². The second-order valence-electron chi connectivity index (χ2n) is 4.79. The summed E-state index contributed by atoms with van der Waals surface area (Å²) in [5, 5.41) is 18.1. The summed E-state index contributed by atoms with van der Waals surface area (Å²) >= 11 is -1.96. The molecule has 2 aliphatic rings. The highest BCUT2D eigenvalue weighted by Crippen LogP contribution is 2.45. The summed E-state index contributed by atoms with van der Waals surface area (Å²) in [6.07, 6.45) is -1.29.